The van der Waals surface area contributed by atoms with Crippen molar-refractivity contribution in [2.75, 3.05) is 32.9 Å². The molecule has 0 unspecified atom stereocenters. The van der Waals surface area contributed by atoms with Gasteiger partial charge >= 0.3 is 5.97 Å². The van der Waals surface area contributed by atoms with Crippen LogP contribution in [0.2, 0.25) is 0 Å². The monoisotopic (exact) mass is 708 g/mol. The van der Waals surface area contributed by atoms with E-state index in [4.69, 9.17) is 23.8 Å². The fourth-order valence-corrected chi connectivity index (χ4v) is 5.50. The lowest BCUT2D eigenvalue weighted by Crippen LogP contribution is -2.59. The third-order valence-electron chi connectivity index (χ3n) is 8.52. The van der Waals surface area contributed by atoms with E-state index in [0.29, 0.717) is 17.6 Å². The number of amides is 1. The minimum Gasteiger partial charge on any atom is -0.492 e. The van der Waals surface area contributed by atoms with Crippen LogP contribution in [0, 0.1) is 0 Å². The van der Waals surface area contributed by atoms with E-state index in [2.05, 4.69) is 0 Å². The highest BCUT2D eigenvalue weighted by Crippen LogP contribution is 2.24. The zero-order chi connectivity index (χ0) is 36.1. The summed E-state index contributed by atoms with van der Waals surface area (Å²) in [7, 11) is 0. The SMILES string of the molecule is C[C@@H]1O[C@@H](OCCN(CCCO[C@H]2O[C@H](CO)[C@@H](O)[C@H](O)[C@@H]2O)C(=O)CCCCCCCCC(=O)On2c(O)ccc2O)[C@@H](O)[C@H](O)[C@@H]1O. The average Bonchev–Trinajstić information content (AvgIpc) is 3.39. The van der Waals surface area contributed by atoms with Crippen molar-refractivity contribution in [3.63, 3.8) is 0 Å². The summed E-state index contributed by atoms with van der Waals surface area (Å²) in [5, 5.41) is 88.7. The maximum absolute atomic E-state index is 13.2. The molecule has 9 N–H and O–H groups in total. The fourth-order valence-electron chi connectivity index (χ4n) is 5.50. The number of aliphatic hydroxyl groups is 7. The molecule has 10 atom stereocenters. The first-order chi connectivity index (χ1) is 23.3. The van der Waals surface area contributed by atoms with Crippen LogP contribution in [0.3, 0.4) is 0 Å². The van der Waals surface area contributed by atoms with E-state index in [0.717, 1.165) is 25.7 Å². The molecule has 0 saturated carbocycles. The quantitative estimate of drug-likeness (QED) is 0.0654. The van der Waals surface area contributed by atoms with E-state index in [9.17, 15) is 55.5 Å². The highest BCUT2D eigenvalue weighted by Gasteiger charge is 2.44. The maximum Gasteiger partial charge on any atom is 0.333 e. The van der Waals surface area contributed by atoms with Crippen LogP contribution in [0.1, 0.15) is 64.7 Å². The number of hydrogen-bond donors (Lipinski definition) is 9. The van der Waals surface area contributed by atoms with Gasteiger partial charge in [0.05, 0.1) is 25.9 Å². The smallest absolute Gasteiger partial charge is 0.333 e. The Hall–Kier alpha value is -2.62. The number of hydrogen-bond acceptors (Lipinski definition) is 16. The molecule has 2 aliphatic rings. The van der Waals surface area contributed by atoms with E-state index in [1.165, 1.54) is 24.0 Å². The summed E-state index contributed by atoms with van der Waals surface area (Å²) in [5.41, 5.74) is 0. The molecule has 2 saturated heterocycles. The van der Waals surface area contributed by atoms with Gasteiger partial charge in [0.25, 0.3) is 0 Å². The van der Waals surface area contributed by atoms with Gasteiger partial charge in [0.2, 0.25) is 17.7 Å². The Kier molecular flexibility index (Phi) is 16.9. The van der Waals surface area contributed by atoms with Gasteiger partial charge in [0.1, 0.15) is 42.7 Å². The average molecular weight is 709 g/mol. The van der Waals surface area contributed by atoms with Gasteiger partial charge in [-0.05, 0) is 26.2 Å². The van der Waals surface area contributed by atoms with E-state index >= 15 is 0 Å². The highest BCUT2D eigenvalue weighted by molar-refractivity contribution is 5.76. The third-order valence-corrected chi connectivity index (χ3v) is 8.52. The van der Waals surface area contributed by atoms with Crippen LogP contribution < -0.4 is 4.84 Å². The standard InChI is InChI=1S/C31H52N2O16/c1-18-24(39)26(41)28(43)30(47-18)46-16-14-32(13-8-15-45-31-29(44)27(42)25(40)19(17-34)48-31)20(35)9-6-4-2-3-5-7-10-23(38)49-33-21(36)11-12-22(33)37/h11-12,18-19,24-31,34,36-37,39-44H,2-10,13-17H2,1H3/t18-,19+,24+,25+,26+,27-,28-,29-,30+,31-/m0/s1. The number of aromatic hydroxyl groups is 2. The molecule has 282 valence electrons. The second kappa shape index (κ2) is 20.3. The summed E-state index contributed by atoms with van der Waals surface area (Å²) in [5.74, 6) is -1.55. The number of ether oxygens (including phenoxy) is 4. The second-order valence-electron chi connectivity index (χ2n) is 12.3. The molecule has 0 spiro atoms. The van der Waals surface area contributed by atoms with E-state index in [-0.39, 0.29) is 63.2 Å². The molecule has 0 aliphatic carbocycles. The second-order valence-corrected chi connectivity index (χ2v) is 12.3. The lowest BCUT2D eigenvalue weighted by molar-refractivity contribution is -0.301. The first-order valence-electron chi connectivity index (χ1n) is 16.7. The molecule has 18 heteroatoms. The van der Waals surface area contributed by atoms with E-state index in [1.807, 2.05) is 0 Å². The molecule has 0 aromatic carbocycles. The molecule has 0 bridgehead atoms. The molecule has 1 aromatic rings. The van der Waals surface area contributed by atoms with Gasteiger partial charge in [0, 0.05) is 38.1 Å². The number of aromatic nitrogens is 1. The number of carbonyl (C=O) groups is 2. The van der Waals surface area contributed by atoms with Gasteiger partial charge in [-0.15, -0.1) is 4.73 Å². The predicted molar refractivity (Wildman–Crippen MR) is 166 cm³/mol. The maximum atomic E-state index is 13.2. The Morgan fingerprint density at radius 3 is 1.90 bits per heavy atom. The Labute approximate surface area is 283 Å². The third kappa shape index (κ3) is 12.0. The summed E-state index contributed by atoms with van der Waals surface area (Å²) >= 11 is 0. The lowest BCUT2D eigenvalue weighted by atomic mass is 9.99. The Balaban J connectivity index is 1.40. The summed E-state index contributed by atoms with van der Waals surface area (Å²) in [6.45, 7) is 1.19. The summed E-state index contributed by atoms with van der Waals surface area (Å²) in [4.78, 5) is 31.6. The highest BCUT2D eigenvalue weighted by atomic mass is 16.7. The van der Waals surface area contributed by atoms with Gasteiger partial charge < -0.3 is 74.6 Å². The minimum atomic E-state index is -1.58. The molecule has 18 nitrogen and oxygen atoms in total. The zero-order valence-electron chi connectivity index (χ0n) is 27.6. The number of aliphatic hydroxyl groups excluding tert-OH is 7. The Morgan fingerprint density at radius 1 is 0.714 bits per heavy atom. The number of unbranched alkanes of at least 4 members (excludes halogenated alkanes) is 5. The van der Waals surface area contributed by atoms with Gasteiger partial charge in [-0.1, -0.05) is 25.7 Å². The Bertz CT molecular complexity index is 1120. The van der Waals surface area contributed by atoms with Crippen molar-refractivity contribution in [1.82, 2.24) is 9.63 Å². The van der Waals surface area contributed by atoms with Crippen LogP contribution in [0.5, 0.6) is 11.8 Å². The molecule has 3 heterocycles. The predicted octanol–water partition coefficient (Wildman–Crippen LogP) is -2.15. The van der Waals surface area contributed by atoms with Gasteiger partial charge in [-0.3, -0.25) is 4.79 Å². The normalized spacial score (nSPS) is 30.3. The van der Waals surface area contributed by atoms with Gasteiger partial charge in [0.15, 0.2) is 12.6 Å². The molecule has 49 heavy (non-hydrogen) atoms. The van der Waals surface area contributed by atoms with E-state index in [1.54, 1.807) is 0 Å². The van der Waals surface area contributed by atoms with Crippen LogP contribution in [-0.4, -0.2) is 162 Å². The molecule has 1 aromatic heterocycles. The van der Waals surface area contributed by atoms with Crippen LogP contribution in [0.4, 0.5) is 0 Å². The van der Waals surface area contributed by atoms with Crippen molar-refractivity contribution < 1.29 is 79.3 Å². The molecule has 2 fully saturated rings. The molecule has 0 radical (unpaired) electrons. The van der Waals surface area contributed by atoms with Crippen LogP contribution in [-0.2, 0) is 28.5 Å². The van der Waals surface area contributed by atoms with Crippen molar-refractivity contribution >= 4 is 11.9 Å². The molecule has 2 aliphatic heterocycles. The molecule has 1 amide bonds. The molecule has 3 rings (SSSR count). The molecular weight excluding hydrogens is 656 g/mol. The van der Waals surface area contributed by atoms with E-state index < -0.39 is 74.0 Å². The Morgan fingerprint density at radius 2 is 1.27 bits per heavy atom. The summed E-state index contributed by atoms with van der Waals surface area (Å²) in [6, 6.07) is 2.39. The van der Waals surface area contributed by atoms with Crippen molar-refractivity contribution in [2.24, 2.45) is 0 Å². The molecular formula is C31H52N2O16. The first kappa shape index (κ1) is 40.8. The van der Waals surface area contributed by atoms with Crippen LogP contribution >= 0.6 is 0 Å². The number of rotatable bonds is 20. The van der Waals surface area contributed by atoms with Crippen LogP contribution in [0.25, 0.3) is 0 Å². The fraction of sp³-hybridized carbons (Fsp3) is 0.806. The van der Waals surface area contributed by atoms with Crippen molar-refractivity contribution in [1.29, 1.82) is 0 Å². The zero-order valence-corrected chi connectivity index (χ0v) is 27.6. The van der Waals surface area contributed by atoms with Crippen molar-refractivity contribution in [2.45, 2.75) is 126 Å². The summed E-state index contributed by atoms with van der Waals surface area (Å²) in [6.07, 6.45) is -8.40. The minimum absolute atomic E-state index is 0.000668. The first-order valence-corrected chi connectivity index (χ1v) is 16.7. The van der Waals surface area contributed by atoms with Gasteiger partial charge in [-0.2, -0.15) is 0 Å². The topological polar surface area (TPSA) is 271 Å². The van der Waals surface area contributed by atoms with Crippen LogP contribution in [0.15, 0.2) is 12.1 Å². The van der Waals surface area contributed by atoms with Gasteiger partial charge in [-0.25, -0.2) is 4.79 Å². The largest absolute Gasteiger partial charge is 0.492 e. The van der Waals surface area contributed by atoms with Crippen molar-refractivity contribution in [3.05, 3.63) is 12.1 Å². The number of nitrogens with zero attached hydrogens (tertiary/aromatic N) is 2. The van der Waals surface area contributed by atoms with Crippen molar-refractivity contribution in [3.8, 4) is 11.8 Å². The lowest BCUT2D eigenvalue weighted by Gasteiger charge is -2.39. The summed E-state index contributed by atoms with van der Waals surface area (Å²) < 4.78 is 22.6. The number of carbonyl (C=O) groups excluding carboxylic acids is 2.